The number of β-amino-alcohol motifs (C(OH)–C–C–N with tert-alkyl or cyclic N) is 1. The summed E-state index contributed by atoms with van der Waals surface area (Å²) < 4.78 is 5.54. The molecule has 3 rings (SSSR count). The molecule has 0 bridgehead atoms. The zero-order valence-electron chi connectivity index (χ0n) is 16.4. The van der Waals surface area contributed by atoms with Crippen LogP contribution in [0.5, 0.6) is 5.75 Å². The molecule has 152 valence electrons. The van der Waals surface area contributed by atoms with Gasteiger partial charge in [0.1, 0.15) is 24.0 Å². The minimum atomic E-state index is -1.02. The van der Waals surface area contributed by atoms with Crippen molar-refractivity contribution in [3.63, 3.8) is 0 Å². The van der Waals surface area contributed by atoms with Gasteiger partial charge < -0.3 is 15.2 Å². The quantitative estimate of drug-likeness (QED) is 0.553. The first-order valence-corrected chi connectivity index (χ1v) is 9.87. The molecule has 0 spiro atoms. The van der Waals surface area contributed by atoms with Crippen molar-refractivity contribution in [2.75, 3.05) is 13.2 Å². The van der Waals surface area contributed by atoms with Crippen LogP contribution >= 0.6 is 0 Å². The average Bonchev–Trinajstić information content (AvgIpc) is 2.91. The molecule has 28 heavy (non-hydrogen) atoms. The maximum absolute atomic E-state index is 12.9. The summed E-state index contributed by atoms with van der Waals surface area (Å²) in [5, 5.41) is 13.1. The number of imide groups is 1. The van der Waals surface area contributed by atoms with Crippen molar-refractivity contribution in [2.45, 2.75) is 57.6 Å². The lowest BCUT2D eigenvalue weighted by molar-refractivity contribution is -0.134. The maximum atomic E-state index is 12.9. The van der Waals surface area contributed by atoms with E-state index in [4.69, 9.17) is 4.74 Å². The van der Waals surface area contributed by atoms with Crippen LogP contribution in [-0.4, -0.2) is 52.5 Å². The Bertz CT molecular complexity index is 759. The Labute approximate surface area is 165 Å². The number of hydrogen-bond acceptors (Lipinski definition) is 5. The van der Waals surface area contributed by atoms with Crippen molar-refractivity contribution >= 4 is 17.7 Å². The number of Topliss-reactive ketones (excluding diaryl/α,β-unsaturated/α-hetero) is 1. The van der Waals surface area contributed by atoms with E-state index in [-0.39, 0.29) is 30.8 Å². The van der Waals surface area contributed by atoms with Gasteiger partial charge in [0.25, 0.3) is 5.91 Å². The Kier molecular flexibility index (Phi) is 6.03. The van der Waals surface area contributed by atoms with Crippen LogP contribution in [0.2, 0.25) is 0 Å². The van der Waals surface area contributed by atoms with Crippen LogP contribution in [0.1, 0.15) is 56.3 Å². The number of ether oxygens (including phenoxy) is 1. The number of aliphatic hydroxyl groups excluding tert-OH is 1. The van der Waals surface area contributed by atoms with Crippen LogP contribution in [-0.2, 0) is 4.79 Å². The van der Waals surface area contributed by atoms with Gasteiger partial charge in [-0.1, -0.05) is 31.4 Å². The molecule has 1 saturated carbocycles. The summed E-state index contributed by atoms with van der Waals surface area (Å²) in [6.07, 6.45) is 4.13. The van der Waals surface area contributed by atoms with Gasteiger partial charge in [-0.25, -0.2) is 4.79 Å². The molecule has 2 N–H and O–H groups in total. The zero-order chi connectivity index (χ0) is 20.3. The van der Waals surface area contributed by atoms with E-state index < -0.39 is 17.7 Å². The fourth-order valence-corrected chi connectivity index (χ4v) is 4.10. The summed E-state index contributed by atoms with van der Waals surface area (Å²) in [5.41, 5.74) is -0.377. The van der Waals surface area contributed by atoms with Crippen molar-refractivity contribution < 1.29 is 24.2 Å². The molecule has 0 radical (unpaired) electrons. The monoisotopic (exact) mass is 388 g/mol. The van der Waals surface area contributed by atoms with Gasteiger partial charge in [-0.3, -0.25) is 14.5 Å². The van der Waals surface area contributed by atoms with E-state index in [9.17, 15) is 19.5 Å². The van der Waals surface area contributed by atoms with Gasteiger partial charge in [-0.15, -0.1) is 0 Å². The largest absolute Gasteiger partial charge is 0.491 e. The summed E-state index contributed by atoms with van der Waals surface area (Å²) in [6.45, 7) is 3.05. The molecule has 3 amide bonds. The van der Waals surface area contributed by atoms with Crippen molar-refractivity contribution in [3.8, 4) is 5.75 Å². The average molecular weight is 388 g/mol. The van der Waals surface area contributed by atoms with Crippen LogP contribution in [0.4, 0.5) is 4.79 Å². The highest BCUT2D eigenvalue weighted by Gasteiger charge is 2.52. The van der Waals surface area contributed by atoms with Crippen LogP contribution in [0, 0.1) is 5.92 Å². The number of benzene rings is 1. The molecule has 1 heterocycles. The first-order valence-electron chi connectivity index (χ1n) is 9.87. The van der Waals surface area contributed by atoms with Crippen LogP contribution < -0.4 is 10.1 Å². The number of ketones is 1. The second kappa shape index (κ2) is 8.31. The molecular weight excluding hydrogens is 360 g/mol. The van der Waals surface area contributed by atoms with E-state index in [1.54, 1.807) is 31.2 Å². The maximum Gasteiger partial charge on any atom is 0.325 e. The first-order chi connectivity index (χ1) is 13.3. The van der Waals surface area contributed by atoms with Gasteiger partial charge in [0.05, 0.1) is 6.54 Å². The van der Waals surface area contributed by atoms with Gasteiger partial charge in [0, 0.05) is 5.56 Å². The number of nitrogens with one attached hydrogen (secondary N) is 1. The topological polar surface area (TPSA) is 95.9 Å². The molecule has 7 nitrogen and oxygen atoms in total. The standard InChI is InChI=1S/C21H28N2O5/c1-14(24)15-7-6-10-18(11-15)28-13-17(25)12-23-19(26)21(2,22-20(23)27)16-8-4-3-5-9-16/h6-7,10-11,16-17,25H,3-5,8-9,12-13H2,1-2H3,(H,22,27)/t17-,21-/m1/s1. The SMILES string of the molecule is CC(=O)c1cccc(OC[C@H](O)CN2C(=O)N[C@](C)(C3CCCCC3)C2=O)c1. The minimum Gasteiger partial charge on any atom is -0.491 e. The molecule has 2 aliphatic rings. The number of urea groups is 1. The highest BCUT2D eigenvalue weighted by Crippen LogP contribution is 2.36. The van der Waals surface area contributed by atoms with Gasteiger partial charge in [0.2, 0.25) is 0 Å². The van der Waals surface area contributed by atoms with E-state index in [1.165, 1.54) is 13.3 Å². The molecular formula is C21H28N2O5. The van der Waals surface area contributed by atoms with E-state index in [2.05, 4.69) is 5.32 Å². The Balaban J connectivity index is 1.58. The molecule has 0 unspecified atom stereocenters. The highest BCUT2D eigenvalue weighted by atomic mass is 16.5. The summed E-state index contributed by atoms with van der Waals surface area (Å²) in [5.74, 6) is 0.232. The Morgan fingerprint density at radius 1 is 1.32 bits per heavy atom. The summed E-state index contributed by atoms with van der Waals surface area (Å²) in [7, 11) is 0. The number of carbonyl (C=O) groups is 3. The zero-order valence-corrected chi connectivity index (χ0v) is 16.4. The third-order valence-electron chi connectivity index (χ3n) is 5.80. The predicted octanol–water partition coefficient (Wildman–Crippen LogP) is 2.52. The summed E-state index contributed by atoms with van der Waals surface area (Å²) in [6, 6.07) is 6.21. The Hall–Kier alpha value is -2.41. The third kappa shape index (κ3) is 4.19. The second-order valence-electron chi connectivity index (χ2n) is 7.93. The summed E-state index contributed by atoms with van der Waals surface area (Å²) >= 11 is 0. The van der Waals surface area contributed by atoms with Crippen LogP contribution in [0.25, 0.3) is 0 Å². The van der Waals surface area contributed by atoms with Gasteiger partial charge in [-0.05, 0) is 44.7 Å². The number of aliphatic hydroxyl groups is 1. The molecule has 2 atom stereocenters. The third-order valence-corrected chi connectivity index (χ3v) is 5.80. The normalized spacial score (nSPS) is 24.2. The number of amides is 3. The van der Waals surface area contributed by atoms with E-state index in [0.717, 1.165) is 30.6 Å². The lowest BCUT2D eigenvalue weighted by Crippen LogP contribution is -2.51. The van der Waals surface area contributed by atoms with Gasteiger partial charge in [0.15, 0.2) is 5.78 Å². The minimum absolute atomic E-state index is 0.0765. The molecule has 1 saturated heterocycles. The van der Waals surface area contributed by atoms with Gasteiger partial charge in [-0.2, -0.15) is 0 Å². The number of nitrogens with zero attached hydrogens (tertiary/aromatic N) is 1. The molecule has 1 aromatic rings. The van der Waals surface area contributed by atoms with Crippen molar-refractivity contribution in [1.29, 1.82) is 0 Å². The smallest absolute Gasteiger partial charge is 0.325 e. The number of hydrogen-bond donors (Lipinski definition) is 2. The molecule has 2 fully saturated rings. The first kappa shape index (κ1) is 20.3. The predicted molar refractivity (Wildman–Crippen MR) is 103 cm³/mol. The van der Waals surface area contributed by atoms with Crippen molar-refractivity contribution in [2.24, 2.45) is 5.92 Å². The van der Waals surface area contributed by atoms with Crippen LogP contribution in [0.15, 0.2) is 24.3 Å². The van der Waals surface area contributed by atoms with E-state index in [1.807, 2.05) is 0 Å². The molecule has 0 aromatic heterocycles. The number of carbonyl (C=O) groups excluding carboxylic acids is 3. The second-order valence-corrected chi connectivity index (χ2v) is 7.93. The fourth-order valence-electron chi connectivity index (χ4n) is 4.10. The lowest BCUT2D eigenvalue weighted by atomic mass is 9.75. The Morgan fingerprint density at radius 2 is 2.04 bits per heavy atom. The molecule has 7 heteroatoms. The Morgan fingerprint density at radius 3 is 2.71 bits per heavy atom. The molecule has 1 aliphatic heterocycles. The summed E-state index contributed by atoms with van der Waals surface area (Å²) in [4.78, 5) is 37.8. The fraction of sp³-hybridized carbons (Fsp3) is 0.571. The number of rotatable bonds is 7. The molecule has 1 aliphatic carbocycles. The molecule has 1 aromatic carbocycles. The van der Waals surface area contributed by atoms with Gasteiger partial charge >= 0.3 is 6.03 Å². The van der Waals surface area contributed by atoms with E-state index in [0.29, 0.717) is 11.3 Å². The van der Waals surface area contributed by atoms with Crippen LogP contribution in [0.3, 0.4) is 0 Å². The van der Waals surface area contributed by atoms with Crippen molar-refractivity contribution in [1.82, 2.24) is 10.2 Å². The lowest BCUT2D eigenvalue weighted by Gasteiger charge is -2.34. The van der Waals surface area contributed by atoms with E-state index >= 15 is 0 Å². The highest BCUT2D eigenvalue weighted by molar-refractivity contribution is 6.07. The van der Waals surface area contributed by atoms with Crippen molar-refractivity contribution in [3.05, 3.63) is 29.8 Å².